The zero-order valence-corrected chi connectivity index (χ0v) is 15.4. The Kier molecular flexibility index (Phi) is 4.99. The van der Waals surface area contributed by atoms with Crippen molar-refractivity contribution in [3.63, 3.8) is 0 Å². The lowest BCUT2D eigenvalue weighted by molar-refractivity contribution is 0.00662. The Balaban J connectivity index is 1.73. The molecule has 0 amide bonds. The number of hydrogen-bond acceptors (Lipinski definition) is 6. The Labute approximate surface area is 161 Å². The van der Waals surface area contributed by atoms with Crippen LogP contribution in [0.3, 0.4) is 0 Å². The zero-order chi connectivity index (χ0) is 19.5. The first-order valence-electron chi connectivity index (χ1n) is 8.94. The monoisotopic (exact) mass is 377 g/mol. The number of nitrogens with zero attached hydrogens (tertiary/aromatic N) is 3. The molecule has 0 radical (unpaired) electrons. The summed E-state index contributed by atoms with van der Waals surface area (Å²) in [5, 5.41) is 0. The van der Waals surface area contributed by atoms with Crippen LogP contribution in [0.25, 0.3) is 11.4 Å². The van der Waals surface area contributed by atoms with Crippen molar-refractivity contribution in [3.8, 4) is 11.4 Å². The first-order chi connectivity index (χ1) is 13.7. The van der Waals surface area contributed by atoms with Gasteiger partial charge in [-0.1, -0.05) is 30.3 Å². The van der Waals surface area contributed by atoms with E-state index in [0.29, 0.717) is 30.3 Å². The second-order valence-corrected chi connectivity index (χ2v) is 6.56. The quantitative estimate of drug-likeness (QED) is 0.634. The van der Waals surface area contributed by atoms with Gasteiger partial charge in [-0.25, -0.2) is 9.78 Å². The molecular weight excluding hydrogens is 358 g/mol. The minimum atomic E-state index is -0.449. The SMILES string of the molecule is COC(=O)c1ccc(Cn2c(-c3ccccc3)nc(C3COC3)cc2=O)nc1. The lowest BCUT2D eigenvalue weighted by Crippen LogP contribution is -2.31. The van der Waals surface area contributed by atoms with Crippen LogP contribution in [0.2, 0.25) is 0 Å². The van der Waals surface area contributed by atoms with Crippen molar-refractivity contribution in [2.75, 3.05) is 20.3 Å². The predicted molar refractivity (Wildman–Crippen MR) is 102 cm³/mol. The van der Waals surface area contributed by atoms with E-state index >= 15 is 0 Å². The van der Waals surface area contributed by atoms with E-state index in [0.717, 1.165) is 11.3 Å². The Bertz CT molecular complexity index is 1040. The molecule has 3 heterocycles. The standard InChI is InChI=1S/C21H19N3O4/c1-27-21(26)15-7-8-17(22-10-15)11-24-19(25)9-18(16-12-28-13-16)23-20(24)14-5-3-2-4-6-14/h2-10,16H,11-13H2,1H3. The van der Waals surface area contributed by atoms with Gasteiger partial charge in [0.1, 0.15) is 5.82 Å². The third-order valence-corrected chi connectivity index (χ3v) is 4.68. The molecule has 0 aliphatic carbocycles. The molecule has 142 valence electrons. The van der Waals surface area contributed by atoms with E-state index in [2.05, 4.69) is 9.72 Å². The van der Waals surface area contributed by atoms with Gasteiger partial charge >= 0.3 is 5.97 Å². The number of aromatic nitrogens is 3. The lowest BCUT2D eigenvalue weighted by atomic mass is 10.0. The molecule has 0 bridgehead atoms. The number of methoxy groups -OCH3 is 1. The van der Waals surface area contributed by atoms with Gasteiger partial charge in [0.25, 0.3) is 5.56 Å². The lowest BCUT2D eigenvalue weighted by Gasteiger charge is -2.26. The molecule has 1 aliphatic rings. The van der Waals surface area contributed by atoms with E-state index in [-0.39, 0.29) is 18.0 Å². The van der Waals surface area contributed by atoms with Gasteiger partial charge in [0.05, 0.1) is 43.8 Å². The number of carbonyl (C=O) groups excluding carboxylic acids is 1. The second-order valence-electron chi connectivity index (χ2n) is 6.56. The zero-order valence-electron chi connectivity index (χ0n) is 15.4. The molecule has 1 saturated heterocycles. The summed E-state index contributed by atoms with van der Waals surface area (Å²) in [4.78, 5) is 33.5. The molecule has 0 saturated carbocycles. The molecule has 0 spiro atoms. The van der Waals surface area contributed by atoms with Gasteiger partial charge < -0.3 is 9.47 Å². The van der Waals surface area contributed by atoms with Crippen molar-refractivity contribution in [2.45, 2.75) is 12.5 Å². The molecular formula is C21H19N3O4. The Hall–Kier alpha value is -3.32. The Morgan fingerprint density at radius 2 is 2.00 bits per heavy atom. The number of ether oxygens (including phenoxy) is 2. The number of carbonyl (C=O) groups is 1. The maximum Gasteiger partial charge on any atom is 0.339 e. The summed E-state index contributed by atoms with van der Waals surface area (Å²) >= 11 is 0. The van der Waals surface area contributed by atoms with Crippen molar-refractivity contribution in [2.24, 2.45) is 0 Å². The second kappa shape index (κ2) is 7.74. The van der Waals surface area contributed by atoms with Crippen LogP contribution in [-0.2, 0) is 16.0 Å². The van der Waals surface area contributed by atoms with Crippen molar-refractivity contribution in [1.82, 2.24) is 14.5 Å². The van der Waals surface area contributed by atoms with Crippen LogP contribution in [0.1, 0.15) is 27.7 Å². The van der Waals surface area contributed by atoms with Crippen LogP contribution in [0.4, 0.5) is 0 Å². The molecule has 0 N–H and O–H groups in total. The maximum atomic E-state index is 12.9. The van der Waals surface area contributed by atoms with E-state index in [1.807, 2.05) is 30.3 Å². The van der Waals surface area contributed by atoms with Crippen LogP contribution in [-0.4, -0.2) is 40.8 Å². The molecule has 3 aromatic rings. The number of rotatable bonds is 5. The van der Waals surface area contributed by atoms with Crippen LogP contribution < -0.4 is 5.56 Å². The predicted octanol–water partition coefficient (Wildman–Crippen LogP) is 2.25. The molecule has 1 aromatic carbocycles. The third-order valence-electron chi connectivity index (χ3n) is 4.68. The van der Waals surface area contributed by atoms with Crippen molar-refractivity contribution in [1.29, 1.82) is 0 Å². The Morgan fingerprint density at radius 1 is 1.21 bits per heavy atom. The van der Waals surface area contributed by atoms with Crippen LogP contribution in [0, 0.1) is 0 Å². The number of benzene rings is 1. The summed E-state index contributed by atoms with van der Waals surface area (Å²) in [6.07, 6.45) is 1.45. The smallest absolute Gasteiger partial charge is 0.339 e. The summed E-state index contributed by atoms with van der Waals surface area (Å²) in [7, 11) is 1.32. The summed E-state index contributed by atoms with van der Waals surface area (Å²) < 4.78 is 11.5. The van der Waals surface area contributed by atoms with Crippen LogP contribution in [0.15, 0.2) is 59.5 Å². The van der Waals surface area contributed by atoms with Gasteiger partial charge in [-0.2, -0.15) is 0 Å². The fourth-order valence-corrected chi connectivity index (χ4v) is 3.02. The molecule has 7 nitrogen and oxygen atoms in total. The van der Waals surface area contributed by atoms with Gasteiger partial charge in [0.2, 0.25) is 0 Å². The van der Waals surface area contributed by atoms with Crippen LogP contribution >= 0.6 is 0 Å². The molecule has 1 aliphatic heterocycles. The molecule has 7 heteroatoms. The largest absolute Gasteiger partial charge is 0.465 e. The average Bonchev–Trinajstić information content (AvgIpc) is 2.69. The first-order valence-corrected chi connectivity index (χ1v) is 8.94. The first kappa shape index (κ1) is 18.1. The number of hydrogen-bond donors (Lipinski definition) is 0. The molecule has 0 atom stereocenters. The van der Waals surface area contributed by atoms with E-state index < -0.39 is 5.97 Å². The molecule has 28 heavy (non-hydrogen) atoms. The van der Waals surface area contributed by atoms with Gasteiger partial charge in [-0.05, 0) is 12.1 Å². The van der Waals surface area contributed by atoms with Crippen molar-refractivity contribution < 1.29 is 14.3 Å². The van der Waals surface area contributed by atoms with E-state index in [9.17, 15) is 9.59 Å². The van der Waals surface area contributed by atoms with E-state index in [1.54, 1.807) is 22.8 Å². The highest BCUT2D eigenvalue weighted by Gasteiger charge is 2.24. The van der Waals surface area contributed by atoms with Gasteiger partial charge in [-0.15, -0.1) is 0 Å². The van der Waals surface area contributed by atoms with E-state index in [1.165, 1.54) is 13.3 Å². The fourth-order valence-electron chi connectivity index (χ4n) is 3.02. The summed E-state index contributed by atoms with van der Waals surface area (Å²) in [5.41, 5.74) is 2.47. The summed E-state index contributed by atoms with van der Waals surface area (Å²) in [6.45, 7) is 1.42. The Morgan fingerprint density at radius 3 is 2.61 bits per heavy atom. The van der Waals surface area contributed by atoms with Crippen LogP contribution in [0.5, 0.6) is 0 Å². The number of pyridine rings is 1. The van der Waals surface area contributed by atoms with Gasteiger partial charge in [0, 0.05) is 23.7 Å². The molecule has 1 fully saturated rings. The third kappa shape index (κ3) is 3.57. The highest BCUT2D eigenvalue weighted by molar-refractivity contribution is 5.88. The van der Waals surface area contributed by atoms with Gasteiger partial charge in [-0.3, -0.25) is 14.3 Å². The van der Waals surface area contributed by atoms with Crippen molar-refractivity contribution >= 4 is 5.97 Å². The molecule has 4 rings (SSSR count). The summed E-state index contributed by atoms with van der Waals surface area (Å²) in [5.74, 6) is 0.297. The highest BCUT2D eigenvalue weighted by atomic mass is 16.5. The summed E-state index contributed by atoms with van der Waals surface area (Å²) in [6, 6.07) is 14.5. The highest BCUT2D eigenvalue weighted by Crippen LogP contribution is 2.24. The van der Waals surface area contributed by atoms with E-state index in [4.69, 9.17) is 9.72 Å². The topological polar surface area (TPSA) is 83.3 Å². The normalized spacial score (nSPS) is 13.8. The van der Waals surface area contributed by atoms with Gasteiger partial charge in [0.15, 0.2) is 0 Å². The fraction of sp³-hybridized carbons (Fsp3) is 0.238. The average molecular weight is 377 g/mol. The molecule has 2 aromatic heterocycles. The minimum Gasteiger partial charge on any atom is -0.465 e. The molecule has 0 unspecified atom stereocenters. The maximum absolute atomic E-state index is 12.9. The van der Waals surface area contributed by atoms with Crippen molar-refractivity contribution in [3.05, 3.63) is 82.0 Å². The number of esters is 1. The minimum absolute atomic E-state index is 0.144.